The lowest BCUT2D eigenvalue weighted by molar-refractivity contribution is -0.118. The number of aliphatic imine (C=N–C) groups is 1. The Hall–Kier alpha value is -3.59. The molecule has 2 aromatic carbocycles. The highest BCUT2D eigenvalue weighted by Gasteiger charge is 2.22. The molecule has 0 aliphatic carbocycles. The number of thioether (sulfide) groups is 1. The second-order valence-electron chi connectivity index (χ2n) is 6.13. The van der Waals surface area contributed by atoms with Crippen LogP contribution in [0.3, 0.4) is 0 Å². The van der Waals surface area contributed by atoms with Crippen LogP contribution >= 0.6 is 11.8 Å². The predicted molar refractivity (Wildman–Crippen MR) is 115 cm³/mol. The standard InChI is InChI=1S/C21H19N3O5S/c1-13(25)22-21-24-20(27)18(30-21)11-14-8-9-16(17(10-14)28-2)29-12-19(26)23-15-6-4-3-5-7-15/h3-11H,12H2,1-2H3,(H,23,26)(H,22,24,25,27)/b18-11-. The molecule has 0 radical (unpaired) electrons. The molecule has 154 valence electrons. The molecule has 0 bridgehead atoms. The van der Waals surface area contributed by atoms with Crippen LogP contribution in [0.5, 0.6) is 11.5 Å². The first-order chi connectivity index (χ1) is 14.4. The smallest absolute Gasteiger partial charge is 0.286 e. The van der Waals surface area contributed by atoms with Crippen LogP contribution in [-0.4, -0.2) is 36.6 Å². The van der Waals surface area contributed by atoms with E-state index in [0.717, 1.165) is 11.8 Å². The fraction of sp³-hybridized carbons (Fsp3) is 0.143. The van der Waals surface area contributed by atoms with E-state index < -0.39 is 5.91 Å². The van der Waals surface area contributed by atoms with Gasteiger partial charge in [-0.05, 0) is 47.7 Å². The van der Waals surface area contributed by atoms with Gasteiger partial charge in [0.2, 0.25) is 5.91 Å². The Morgan fingerprint density at radius 1 is 1.10 bits per heavy atom. The predicted octanol–water partition coefficient (Wildman–Crippen LogP) is 2.82. The Bertz CT molecular complexity index is 1030. The van der Waals surface area contributed by atoms with Crippen LogP contribution < -0.4 is 20.1 Å². The van der Waals surface area contributed by atoms with Crippen molar-refractivity contribution in [2.24, 2.45) is 4.99 Å². The van der Waals surface area contributed by atoms with Crippen LogP contribution in [0.2, 0.25) is 0 Å². The molecule has 0 saturated carbocycles. The average molecular weight is 425 g/mol. The maximum Gasteiger partial charge on any atom is 0.286 e. The summed E-state index contributed by atoms with van der Waals surface area (Å²) < 4.78 is 10.9. The molecule has 0 fully saturated rings. The molecule has 3 rings (SSSR count). The number of carbonyl (C=O) groups excluding carboxylic acids is 3. The Morgan fingerprint density at radius 3 is 2.57 bits per heavy atom. The third-order valence-electron chi connectivity index (χ3n) is 3.81. The molecule has 0 aromatic heterocycles. The van der Waals surface area contributed by atoms with Crippen molar-refractivity contribution in [1.82, 2.24) is 5.32 Å². The van der Waals surface area contributed by atoms with E-state index >= 15 is 0 Å². The molecular formula is C21H19N3O5S. The maximum absolute atomic E-state index is 12.1. The molecule has 1 aliphatic heterocycles. The number of amides is 3. The molecule has 0 atom stereocenters. The number of rotatable bonds is 6. The highest BCUT2D eigenvalue weighted by molar-refractivity contribution is 8.18. The van der Waals surface area contributed by atoms with Crippen molar-refractivity contribution >= 4 is 46.4 Å². The highest BCUT2D eigenvalue weighted by Crippen LogP contribution is 2.32. The number of methoxy groups -OCH3 is 1. The number of anilines is 1. The summed E-state index contributed by atoms with van der Waals surface area (Å²) in [5, 5.41) is 5.47. The van der Waals surface area contributed by atoms with E-state index in [1.807, 2.05) is 18.2 Å². The molecule has 1 aliphatic rings. The molecular weight excluding hydrogens is 406 g/mol. The minimum Gasteiger partial charge on any atom is -0.493 e. The summed E-state index contributed by atoms with van der Waals surface area (Å²) in [6, 6.07) is 14.1. The van der Waals surface area contributed by atoms with Crippen LogP contribution in [0.15, 0.2) is 58.4 Å². The van der Waals surface area contributed by atoms with E-state index in [4.69, 9.17) is 9.47 Å². The van der Waals surface area contributed by atoms with E-state index in [-0.39, 0.29) is 23.6 Å². The van der Waals surface area contributed by atoms with Gasteiger partial charge in [-0.15, -0.1) is 0 Å². The summed E-state index contributed by atoms with van der Waals surface area (Å²) in [6.45, 7) is 1.16. The highest BCUT2D eigenvalue weighted by atomic mass is 32.2. The van der Waals surface area contributed by atoms with Gasteiger partial charge in [-0.1, -0.05) is 24.3 Å². The Kier molecular flexibility index (Phi) is 6.87. The van der Waals surface area contributed by atoms with Gasteiger partial charge in [0.15, 0.2) is 23.3 Å². The lowest BCUT2D eigenvalue weighted by atomic mass is 10.2. The third-order valence-corrected chi connectivity index (χ3v) is 4.70. The number of ether oxygens (including phenoxy) is 2. The fourth-order valence-corrected chi connectivity index (χ4v) is 3.38. The van der Waals surface area contributed by atoms with E-state index in [0.29, 0.717) is 27.7 Å². The van der Waals surface area contributed by atoms with E-state index in [2.05, 4.69) is 15.6 Å². The van der Waals surface area contributed by atoms with Crippen molar-refractivity contribution in [2.75, 3.05) is 19.0 Å². The average Bonchev–Trinajstić information content (AvgIpc) is 3.05. The van der Waals surface area contributed by atoms with Crippen LogP contribution in [-0.2, 0) is 14.4 Å². The Morgan fingerprint density at radius 2 is 1.87 bits per heavy atom. The van der Waals surface area contributed by atoms with Crippen LogP contribution in [0.4, 0.5) is 5.69 Å². The minimum atomic E-state index is -0.430. The molecule has 9 heteroatoms. The van der Waals surface area contributed by atoms with Crippen LogP contribution in [0.1, 0.15) is 12.5 Å². The number of para-hydroxylation sites is 1. The zero-order valence-corrected chi connectivity index (χ0v) is 17.1. The van der Waals surface area contributed by atoms with Crippen molar-refractivity contribution in [3.8, 4) is 11.5 Å². The summed E-state index contributed by atoms with van der Waals surface area (Å²) in [7, 11) is 1.48. The molecule has 2 aromatic rings. The summed E-state index contributed by atoms with van der Waals surface area (Å²) in [4.78, 5) is 39.3. The van der Waals surface area contributed by atoms with Crippen molar-refractivity contribution in [2.45, 2.75) is 6.92 Å². The van der Waals surface area contributed by atoms with Crippen molar-refractivity contribution in [1.29, 1.82) is 0 Å². The van der Waals surface area contributed by atoms with Gasteiger partial charge in [-0.25, -0.2) is 0 Å². The van der Waals surface area contributed by atoms with E-state index in [1.165, 1.54) is 14.0 Å². The molecule has 0 saturated heterocycles. The van der Waals surface area contributed by atoms with Gasteiger partial charge in [-0.3, -0.25) is 14.4 Å². The number of hydrogen-bond donors (Lipinski definition) is 2. The lowest BCUT2D eigenvalue weighted by Gasteiger charge is -2.11. The topological polar surface area (TPSA) is 106 Å². The molecule has 30 heavy (non-hydrogen) atoms. The summed E-state index contributed by atoms with van der Waals surface area (Å²) in [5.74, 6) is -0.223. The second kappa shape index (κ2) is 9.75. The molecule has 0 spiro atoms. The second-order valence-corrected chi connectivity index (χ2v) is 7.16. The fourth-order valence-electron chi connectivity index (χ4n) is 2.52. The van der Waals surface area contributed by atoms with Gasteiger partial charge in [-0.2, -0.15) is 4.99 Å². The van der Waals surface area contributed by atoms with Gasteiger partial charge in [0, 0.05) is 12.6 Å². The number of benzene rings is 2. The first-order valence-corrected chi connectivity index (χ1v) is 9.72. The quantitative estimate of drug-likeness (QED) is 0.690. The summed E-state index contributed by atoms with van der Waals surface area (Å²) in [6.07, 6.45) is 1.64. The van der Waals surface area contributed by atoms with E-state index in [1.54, 1.807) is 36.4 Å². The first kappa shape index (κ1) is 21.1. The van der Waals surface area contributed by atoms with Crippen LogP contribution in [0.25, 0.3) is 6.08 Å². The Labute approximate surface area is 177 Å². The molecule has 8 nitrogen and oxygen atoms in total. The SMILES string of the molecule is COc1cc(/C=C2\SC(NC(C)=O)=NC2=O)ccc1OCC(=O)Nc1ccccc1. The van der Waals surface area contributed by atoms with Crippen molar-refractivity contribution in [3.63, 3.8) is 0 Å². The lowest BCUT2D eigenvalue weighted by Crippen LogP contribution is -2.23. The molecule has 1 heterocycles. The van der Waals surface area contributed by atoms with Gasteiger partial charge in [0.05, 0.1) is 12.0 Å². The molecule has 2 N–H and O–H groups in total. The third kappa shape index (κ3) is 5.71. The zero-order valence-electron chi connectivity index (χ0n) is 16.3. The van der Waals surface area contributed by atoms with Gasteiger partial charge in [0.1, 0.15) is 0 Å². The number of nitrogens with zero attached hydrogens (tertiary/aromatic N) is 1. The number of hydrogen-bond acceptors (Lipinski definition) is 6. The number of nitrogens with one attached hydrogen (secondary N) is 2. The van der Waals surface area contributed by atoms with Gasteiger partial charge in [0.25, 0.3) is 11.8 Å². The number of amidine groups is 1. The maximum atomic E-state index is 12.1. The largest absolute Gasteiger partial charge is 0.493 e. The number of carbonyl (C=O) groups is 3. The molecule has 3 amide bonds. The normalized spacial score (nSPS) is 14.3. The Balaban J connectivity index is 1.64. The van der Waals surface area contributed by atoms with Crippen molar-refractivity contribution < 1.29 is 23.9 Å². The van der Waals surface area contributed by atoms with Crippen LogP contribution in [0, 0.1) is 0 Å². The summed E-state index contributed by atoms with van der Waals surface area (Å²) >= 11 is 1.08. The molecule has 0 unspecified atom stereocenters. The van der Waals surface area contributed by atoms with Gasteiger partial charge < -0.3 is 20.1 Å². The monoisotopic (exact) mass is 425 g/mol. The van der Waals surface area contributed by atoms with Gasteiger partial charge >= 0.3 is 0 Å². The van der Waals surface area contributed by atoms with Crippen molar-refractivity contribution in [3.05, 3.63) is 59.0 Å². The zero-order chi connectivity index (χ0) is 21.5. The summed E-state index contributed by atoms with van der Waals surface area (Å²) in [5.41, 5.74) is 1.36. The van der Waals surface area contributed by atoms with E-state index in [9.17, 15) is 14.4 Å². The minimum absolute atomic E-state index is 0.187. The first-order valence-electron chi connectivity index (χ1n) is 8.90.